The molecule has 17 heavy (non-hydrogen) atoms. The van der Waals surface area contributed by atoms with Crippen LogP contribution in [0.5, 0.6) is 5.88 Å². The lowest BCUT2D eigenvalue weighted by atomic mass is 10.2. The van der Waals surface area contributed by atoms with Crippen molar-refractivity contribution in [1.29, 1.82) is 0 Å². The van der Waals surface area contributed by atoms with Crippen LogP contribution in [0, 0.1) is 0 Å². The van der Waals surface area contributed by atoms with Crippen LogP contribution >= 0.6 is 11.6 Å². The molecule has 2 heterocycles. The Labute approximate surface area is 104 Å². The minimum atomic E-state index is 0.401. The molecule has 0 atom stereocenters. The fourth-order valence-electron chi connectivity index (χ4n) is 1.57. The van der Waals surface area contributed by atoms with Crippen LogP contribution in [-0.2, 0) is 13.0 Å². The van der Waals surface area contributed by atoms with Gasteiger partial charge in [0.25, 0.3) is 0 Å². The number of rotatable bonds is 4. The van der Waals surface area contributed by atoms with Crippen LogP contribution in [0.2, 0.25) is 5.28 Å². The molecule has 0 fully saturated rings. The summed E-state index contributed by atoms with van der Waals surface area (Å²) in [4.78, 5) is 4.06. The number of aryl methyl sites for hydroxylation is 1. The summed E-state index contributed by atoms with van der Waals surface area (Å²) in [6, 6.07) is 3.79. The van der Waals surface area contributed by atoms with Gasteiger partial charge in [0.05, 0.1) is 13.7 Å². The zero-order chi connectivity index (χ0) is 12.3. The van der Waals surface area contributed by atoms with Crippen molar-refractivity contribution in [2.45, 2.75) is 19.9 Å². The maximum atomic E-state index is 5.99. The molecule has 0 aliphatic heterocycles. The summed E-state index contributed by atoms with van der Waals surface area (Å²) < 4.78 is 6.95. The van der Waals surface area contributed by atoms with E-state index in [1.807, 2.05) is 23.6 Å². The van der Waals surface area contributed by atoms with Crippen LogP contribution in [-0.4, -0.2) is 26.9 Å². The molecule has 2 aromatic rings. The highest BCUT2D eigenvalue weighted by Gasteiger charge is 2.09. The highest BCUT2D eigenvalue weighted by Crippen LogP contribution is 2.15. The zero-order valence-corrected chi connectivity index (χ0v) is 10.5. The third kappa shape index (κ3) is 2.55. The first kappa shape index (κ1) is 11.9. The molecule has 2 rings (SSSR count). The molecule has 6 heteroatoms. The number of hydrogen-bond acceptors (Lipinski definition) is 4. The maximum Gasteiger partial charge on any atom is 0.225 e. The van der Waals surface area contributed by atoms with E-state index in [2.05, 4.69) is 15.2 Å². The normalized spacial score (nSPS) is 10.5. The average molecular weight is 253 g/mol. The molecule has 0 aromatic carbocycles. The number of nitrogens with zero attached hydrogens (tertiary/aromatic N) is 4. The van der Waals surface area contributed by atoms with Crippen molar-refractivity contribution in [1.82, 2.24) is 19.7 Å². The summed E-state index contributed by atoms with van der Waals surface area (Å²) in [5.74, 6) is 1.45. The van der Waals surface area contributed by atoms with Crippen molar-refractivity contribution in [3.8, 4) is 5.88 Å². The van der Waals surface area contributed by atoms with Crippen LogP contribution in [0.3, 0.4) is 0 Å². The Morgan fingerprint density at radius 2 is 2.24 bits per heavy atom. The fourth-order valence-corrected chi connectivity index (χ4v) is 1.77. The van der Waals surface area contributed by atoms with Crippen LogP contribution < -0.4 is 4.74 Å². The topological polar surface area (TPSA) is 52.8 Å². The smallest absolute Gasteiger partial charge is 0.225 e. The predicted molar refractivity (Wildman–Crippen MR) is 64.3 cm³/mol. The third-order valence-corrected chi connectivity index (χ3v) is 2.73. The van der Waals surface area contributed by atoms with Gasteiger partial charge in [-0.1, -0.05) is 6.92 Å². The van der Waals surface area contributed by atoms with Crippen molar-refractivity contribution in [3.63, 3.8) is 0 Å². The molecule has 0 spiro atoms. The minimum absolute atomic E-state index is 0.401. The Hall–Kier alpha value is -1.62. The van der Waals surface area contributed by atoms with E-state index in [-0.39, 0.29) is 0 Å². The Bertz CT molecular complexity index is 512. The van der Waals surface area contributed by atoms with E-state index in [1.54, 1.807) is 13.3 Å². The minimum Gasteiger partial charge on any atom is -0.481 e. The van der Waals surface area contributed by atoms with Gasteiger partial charge in [-0.05, 0) is 23.2 Å². The number of hydrogen-bond donors (Lipinski definition) is 0. The quantitative estimate of drug-likeness (QED) is 0.835. The highest BCUT2D eigenvalue weighted by molar-refractivity contribution is 6.28. The Morgan fingerprint density at radius 3 is 2.94 bits per heavy atom. The second kappa shape index (κ2) is 5.14. The van der Waals surface area contributed by atoms with E-state index in [4.69, 9.17) is 16.3 Å². The van der Waals surface area contributed by atoms with Gasteiger partial charge in [-0.15, -0.1) is 10.2 Å². The Balaban J connectivity index is 2.27. The first-order valence-corrected chi connectivity index (χ1v) is 5.69. The molecule has 2 aromatic heterocycles. The SMILES string of the molecule is CCc1nnc(Cl)n1Cc1ccnc(OC)c1. The van der Waals surface area contributed by atoms with E-state index < -0.39 is 0 Å². The van der Waals surface area contributed by atoms with Crippen LogP contribution in [0.4, 0.5) is 0 Å². The number of aromatic nitrogens is 4. The van der Waals surface area contributed by atoms with Crippen molar-refractivity contribution in [2.24, 2.45) is 0 Å². The highest BCUT2D eigenvalue weighted by atomic mass is 35.5. The first-order valence-electron chi connectivity index (χ1n) is 5.31. The third-order valence-electron chi connectivity index (χ3n) is 2.45. The Morgan fingerprint density at radius 1 is 1.41 bits per heavy atom. The van der Waals surface area contributed by atoms with Gasteiger partial charge < -0.3 is 4.74 Å². The van der Waals surface area contributed by atoms with Gasteiger partial charge in [0, 0.05) is 18.7 Å². The standard InChI is InChI=1S/C11H13ClN4O/c1-3-9-14-15-11(12)16(9)7-8-4-5-13-10(6-8)17-2/h4-6H,3,7H2,1-2H3. The van der Waals surface area contributed by atoms with E-state index in [0.717, 1.165) is 17.8 Å². The summed E-state index contributed by atoms with van der Waals surface area (Å²) in [5.41, 5.74) is 1.05. The predicted octanol–water partition coefficient (Wildman–Crippen LogP) is 1.95. The monoisotopic (exact) mass is 252 g/mol. The van der Waals surface area contributed by atoms with Crippen molar-refractivity contribution < 1.29 is 4.74 Å². The van der Waals surface area contributed by atoms with Gasteiger partial charge in [0.2, 0.25) is 11.2 Å². The summed E-state index contributed by atoms with van der Waals surface area (Å²) in [7, 11) is 1.59. The number of methoxy groups -OCH3 is 1. The first-order chi connectivity index (χ1) is 8.24. The Kier molecular flexibility index (Phi) is 3.58. The lowest BCUT2D eigenvalue weighted by Gasteiger charge is -2.07. The molecule has 5 nitrogen and oxygen atoms in total. The van der Waals surface area contributed by atoms with Gasteiger partial charge >= 0.3 is 0 Å². The number of pyridine rings is 1. The molecule has 0 aliphatic rings. The molecule has 0 amide bonds. The van der Waals surface area contributed by atoms with E-state index in [1.165, 1.54) is 0 Å². The molecule has 0 radical (unpaired) electrons. The second-order valence-corrected chi connectivity index (χ2v) is 3.87. The molecule has 0 bridgehead atoms. The molecule has 0 N–H and O–H groups in total. The molecule has 0 saturated carbocycles. The summed E-state index contributed by atoms with van der Waals surface area (Å²) in [6.07, 6.45) is 2.50. The summed E-state index contributed by atoms with van der Waals surface area (Å²) >= 11 is 5.99. The van der Waals surface area contributed by atoms with Crippen LogP contribution in [0.1, 0.15) is 18.3 Å². The van der Waals surface area contributed by atoms with Gasteiger partial charge in [0.15, 0.2) is 0 Å². The molecule has 0 aliphatic carbocycles. The van der Waals surface area contributed by atoms with Gasteiger partial charge in [0.1, 0.15) is 5.82 Å². The van der Waals surface area contributed by atoms with E-state index in [0.29, 0.717) is 17.7 Å². The lowest BCUT2D eigenvalue weighted by molar-refractivity contribution is 0.397. The number of halogens is 1. The van der Waals surface area contributed by atoms with Crippen molar-refractivity contribution in [3.05, 3.63) is 35.0 Å². The van der Waals surface area contributed by atoms with Crippen molar-refractivity contribution >= 4 is 11.6 Å². The van der Waals surface area contributed by atoms with Gasteiger partial charge in [-0.2, -0.15) is 0 Å². The largest absolute Gasteiger partial charge is 0.481 e. The number of ether oxygens (including phenoxy) is 1. The van der Waals surface area contributed by atoms with Crippen molar-refractivity contribution in [2.75, 3.05) is 7.11 Å². The summed E-state index contributed by atoms with van der Waals surface area (Å²) in [5, 5.41) is 8.27. The van der Waals surface area contributed by atoms with Crippen LogP contribution in [0.15, 0.2) is 18.3 Å². The molecule has 0 unspecified atom stereocenters. The second-order valence-electron chi connectivity index (χ2n) is 3.53. The van der Waals surface area contributed by atoms with E-state index >= 15 is 0 Å². The molecule has 90 valence electrons. The molecular formula is C11H13ClN4O. The fraction of sp³-hybridized carbons (Fsp3) is 0.364. The average Bonchev–Trinajstić information content (AvgIpc) is 2.71. The maximum absolute atomic E-state index is 5.99. The van der Waals surface area contributed by atoms with E-state index in [9.17, 15) is 0 Å². The lowest BCUT2D eigenvalue weighted by Crippen LogP contribution is -2.05. The molecule has 0 saturated heterocycles. The zero-order valence-electron chi connectivity index (χ0n) is 9.72. The molecular weight excluding hydrogens is 240 g/mol. The van der Waals surface area contributed by atoms with Crippen LogP contribution in [0.25, 0.3) is 0 Å². The van der Waals surface area contributed by atoms with Gasteiger partial charge in [-0.3, -0.25) is 4.57 Å². The summed E-state index contributed by atoms with van der Waals surface area (Å²) in [6.45, 7) is 2.64. The van der Waals surface area contributed by atoms with Gasteiger partial charge in [-0.25, -0.2) is 4.98 Å².